The van der Waals surface area contributed by atoms with Crippen LogP contribution in [0, 0.1) is 6.92 Å². The van der Waals surface area contributed by atoms with E-state index in [0.29, 0.717) is 49.2 Å². The van der Waals surface area contributed by atoms with Crippen LogP contribution in [-0.4, -0.2) is 72.6 Å². The fourth-order valence-corrected chi connectivity index (χ4v) is 4.61. The van der Waals surface area contributed by atoms with Gasteiger partial charge in [0.2, 0.25) is 0 Å². The summed E-state index contributed by atoms with van der Waals surface area (Å²) in [6.07, 6.45) is 0. The number of morpholine rings is 1. The fraction of sp³-hybridized carbons (Fsp3) is 0.385. The average molecular weight is 485 g/mol. The highest BCUT2D eigenvalue weighted by Crippen LogP contribution is 2.40. The molecule has 2 fully saturated rings. The molecular formula is C26H29ClN2O5. The molecule has 1 atom stereocenters. The van der Waals surface area contributed by atoms with Crippen LogP contribution in [0.3, 0.4) is 0 Å². The van der Waals surface area contributed by atoms with Gasteiger partial charge in [0.15, 0.2) is 0 Å². The predicted molar refractivity (Wildman–Crippen MR) is 130 cm³/mol. The Morgan fingerprint density at radius 3 is 2.47 bits per heavy atom. The zero-order valence-electron chi connectivity index (χ0n) is 19.4. The van der Waals surface area contributed by atoms with E-state index < -0.39 is 17.7 Å². The molecule has 2 aliphatic rings. The Morgan fingerprint density at radius 2 is 1.82 bits per heavy atom. The maximum Gasteiger partial charge on any atom is 0.295 e. The quantitative estimate of drug-likeness (QED) is 0.366. The van der Waals surface area contributed by atoms with Crippen molar-refractivity contribution in [3.8, 4) is 5.75 Å². The molecule has 2 aromatic rings. The van der Waals surface area contributed by atoms with Crippen LogP contribution < -0.4 is 4.74 Å². The summed E-state index contributed by atoms with van der Waals surface area (Å²) in [4.78, 5) is 30.1. The van der Waals surface area contributed by atoms with Crippen LogP contribution in [0.5, 0.6) is 5.75 Å². The molecule has 2 aliphatic heterocycles. The van der Waals surface area contributed by atoms with Crippen molar-refractivity contribution in [1.82, 2.24) is 9.80 Å². The van der Waals surface area contributed by atoms with E-state index in [1.165, 1.54) is 0 Å². The molecule has 2 aromatic carbocycles. The highest BCUT2D eigenvalue weighted by molar-refractivity contribution is 6.46. The third-order valence-electron chi connectivity index (χ3n) is 6.25. The van der Waals surface area contributed by atoms with Crippen LogP contribution >= 0.6 is 11.6 Å². The summed E-state index contributed by atoms with van der Waals surface area (Å²) in [7, 11) is 0. The number of carbonyl (C=O) groups excluding carboxylic acids is 2. The fourth-order valence-electron chi connectivity index (χ4n) is 4.48. The summed E-state index contributed by atoms with van der Waals surface area (Å²) in [6, 6.07) is 11.6. The summed E-state index contributed by atoms with van der Waals surface area (Å²) >= 11 is 6.09. The van der Waals surface area contributed by atoms with E-state index in [9.17, 15) is 14.7 Å². The molecule has 0 saturated carbocycles. The molecule has 2 saturated heterocycles. The van der Waals surface area contributed by atoms with Crippen LogP contribution in [0.4, 0.5) is 0 Å². The van der Waals surface area contributed by atoms with Gasteiger partial charge in [0.25, 0.3) is 11.7 Å². The maximum absolute atomic E-state index is 13.2. The van der Waals surface area contributed by atoms with E-state index in [1.54, 1.807) is 41.3 Å². The summed E-state index contributed by atoms with van der Waals surface area (Å²) in [5, 5.41) is 11.9. The molecule has 0 radical (unpaired) electrons. The number of hydrogen-bond donors (Lipinski definition) is 1. The zero-order valence-corrected chi connectivity index (χ0v) is 20.2. The first kappa shape index (κ1) is 24.3. The van der Waals surface area contributed by atoms with Crippen LogP contribution in [0.2, 0.25) is 5.02 Å². The first-order valence-corrected chi connectivity index (χ1v) is 11.9. The van der Waals surface area contributed by atoms with Gasteiger partial charge < -0.3 is 19.5 Å². The number of nitrogens with zero attached hydrogens (tertiary/aromatic N) is 2. The molecule has 0 aromatic heterocycles. The van der Waals surface area contributed by atoms with E-state index in [-0.39, 0.29) is 11.3 Å². The molecule has 0 spiro atoms. The SMILES string of the molecule is CCOc1ccc(/C(O)=C2/C(=O)C(=O)N(CCN3CCOCC3)C2c2ccc(Cl)cc2)c(C)c1. The number of aryl methyl sites for hydroxylation is 1. The molecule has 2 heterocycles. The molecule has 0 bridgehead atoms. The number of aliphatic hydroxyl groups excluding tert-OH is 1. The number of rotatable bonds is 7. The van der Waals surface area contributed by atoms with Crippen molar-refractivity contribution in [2.75, 3.05) is 46.0 Å². The lowest BCUT2D eigenvalue weighted by atomic mass is 9.94. The van der Waals surface area contributed by atoms with Gasteiger partial charge in [-0.2, -0.15) is 0 Å². The van der Waals surface area contributed by atoms with E-state index in [4.69, 9.17) is 21.1 Å². The summed E-state index contributed by atoms with van der Waals surface area (Å²) < 4.78 is 10.9. The number of ketones is 1. The molecule has 1 amide bonds. The standard InChI is InChI=1S/C26H29ClN2O5/c1-3-34-20-8-9-21(17(2)16-20)24(30)22-23(18-4-6-19(27)7-5-18)29(26(32)25(22)31)11-10-28-12-14-33-15-13-28/h4-9,16,23,30H,3,10-15H2,1-2H3/b24-22-. The van der Waals surface area contributed by atoms with Crippen LogP contribution in [0.1, 0.15) is 29.7 Å². The highest BCUT2D eigenvalue weighted by Gasteiger charge is 2.46. The first-order chi connectivity index (χ1) is 16.4. The van der Waals surface area contributed by atoms with Gasteiger partial charge in [0.1, 0.15) is 11.5 Å². The molecule has 8 heteroatoms. The number of likely N-dealkylation sites (tertiary alicyclic amines) is 1. The Labute approximate surface area is 204 Å². The summed E-state index contributed by atoms with van der Waals surface area (Å²) in [5.41, 5.74) is 2.05. The number of ether oxygens (including phenoxy) is 2. The van der Waals surface area contributed by atoms with Crippen molar-refractivity contribution in [3.63, 3.8) is 0 Å². The van der Waals surface area contributed by atoms with Gasteiger partial charge in [-0.05, 0) is 55.3 Å². The molecular weight excluding hydrogens is 456 g/mol. The van der Waals surface area contributed by atoms with Gasteiger partial charge in [0, 0.05) is 36.8 Å². The highest BCUT2D eigenvalue weighted by atomic mass is 35.5. The van der Waals surface area contributed by atoms with Gasteiger partial charge in [-0.1, -0.05) is 23.7 Å². The Bertz CT molecular complexity index is 1090. The molecule has 7 nitrogen and oxygen atoms in total. The normalized spacial score (nSPS) is 20.7. The van der Waals surface area contributed by atoms with Crippen LogP contribution in [-0.2, 0) is 14.3 Å². The molecule has 1 unspecified atom stereocenters. The maximum atomic E-state index is 13.2. The number of hydrogen-bond acceptors (Lipinski definition) is 6. The number of Topliss-reactive ketones (excluding diaryl/α,β-unsaturated/α-hetero) is 1. The van der Waals surface area contributed by atoms with Crippen LogP contribution in [0.15, 0.2) is 48.0 Å². The molecule has 180 valence electrons. The molecule has 4 rings (SSSR count). The zero-order chi connectivity index (χ0) is 24.2. The lowest BCUT2D eigenvalue weighted by Gasteiger charge is -2.31. The van der Waals surface area contributed by atoms with Crippen molar-refractivity contribution in [2.45, 2.75) is 19.9 Å². The van der Waals surface area contributed by atoms with Crippen molar-refractivity contribution in [2.24, 2.45) is 0 Å². The van der Waals surface area contributed by atoms with E-state index in [1.807, 2.05) is 19.9 Å². The Kier molecular flexibility index (Phi) is 7.56. The van der Waals surface area contributed by atoms with Gasteiger partial charge in [0.05, 0.1) is 31.4 Å². The Balaban J connectivity index is 1.74. The first-order valence-electron chi connectivity index (χ1n) is 11.5. The lowest BCUT2D eigenvalue weighted by Crippen LogP contribution is -2.42. The van der Waals surface area contributed by atoms with Crippen molar-refractivity contribution < 1.29 is 24.2 Å². The second-order valence-electron chi connectivity index (χ2n) is 8.41. The second kappa shape index (κ2) is 10.6. The average Bonchev–Trinajstić information content (AvgIpc) is 3.08. The number of aliphatic hydroxyl groups is 1. The van der Waals surface area contributed by atoms with Crippen molar-refractivity contribution >= 4 is 29.1 Å². The number of benzene rings is 2. The summed E-state index contributed by atoms with van der Waals surface area (Å²) in [6.45, 7) is 8.08. The Morgan fingerprint density at radius 1 is 1.12 bits per heavy atom. The van der Waals surface area contributed by atoms with E-state index >= 15 is 0 Å². The number of halogens is 1. The predicted octanol–water partition coefficient (Wildman–Crippen LogP) is 3.80. The summed E-state index contributed by atoms with van der Waals surface area (Å²) in [5.74, 6) is -0.810. The topological polar surface area (TPSA) is 79.3 Å². The number of carbonyl (C=O) groups is 2. The minimum atomic E-state index is -0.704. The largest absolute Gasteiger partial charge is 0.507 e. The van der Waals surface area contributed by atoms with Crippen molar-refractivity contribution in [3.05, 3.63) is 69.8 Å². The number of amides is 1. The monoisotopic (exact) mass is 484 g/mol. The second-order valence-corrected chi connectivity index (χ2v) is 8.84. The molecule has 0 aliphatic carbocycles. The molecule has 34 heavy (non-hydrogen) atoms. The molecule has 1 N–H and O–H groups in total. The van der Waals surface area contributed by atoms with E-state index in [2.05, 4.69) is 4.90 Å². The van der Waals surface area contributed by atoms with Gasteiger partial charge in [-0.15, -0.1) is 0 Å². The minimum absolute atomic E-state index is 0.0848. The smallest absolute Gasteiger partial charge is 0.295 e. The van der Waals surface area contributed by atoms with E-state index in [0.717, 1.165) is 24.2 Å². The van der Waals surface area contributed by atoms with Crippen LogP contribution in [0.25, 0.3) is 5.76 Å². The Hall–Kier alpha value is -2.87. The third-order valence-corrected chi connectivity index (χ3v) is 6.50. The van der Waals surface area contributed by atoms with Gasteiger partial charge in [-0.25, -0.2) is 0 Å². The van der Waals surface area contributed by atoms with Crippen molar-refractivity contribution in [1.29, 1.82) is 0 Å². The minimum Gasteiger partial charge on any atom is -0.507 e. The van der Waals surface area contributed by atoms with Gasteiger partial charge in [-0.3, -0.25) is 14.5 Å². The lowest BCUT2D eigenvalue weighted by molar-refractivity contribution is -0.140. The van der Waals surface area contributed by atoms with Gasteiger partial charge >= 0.3 is 0 Å². The third kappa shape index (κ3) is 4.97.